The van der Waals surface area contributed by atoms with Gasteiger partial charge in [0.2, 0.25) is 0 Å². The van der Waals surface area contributed by atoms with Gasteiger partial charge in [0, 0.05) is 25.7 Å². The van der Waals surface area contributed by atoms with Crippen molar-refractivity contribution in [2.45, 2.75) is 420 Å². The largest absolute Gasteiger partial charge is 0.472 e. The van der Waals surface area contributed by atoms with Crippen LogP contribution in [-0.4, -0.2) is 96.7 Å². The lowest BCUT2D eigenvalue weighted by Crippen LogP contribution is -2.30. The minimum absolute atomic E-state index is 0.105. The highest BCUT2D eigenvalue weighted by Gasteiger charge is 2.30. The zero-order chi connectivity index (χ0) is 71.6. The van der Waals surface area contributed by atoms with Gasteiger partial charge in [0.25, 0.3) is 0 Å². The van der Waals surface area contributed by atoms with Crippen LogP contribution >= 0.6 is 15.6 Å². The Balaban J connectivity index is 5.24. The zero-order valence-electron chi connectivity index (χ0n) is 63.5. The van der Waals surface area contributed by atoms with E-state index in [2.05, 4.69) is 48.5 Å². The van der Waals surface area contributed by atoms with Gasteiger partial charge >= 0.3 is 39.5 Å². The molecule has 576 valence electrons. The maximum atomic E-state index is 13.1. The normalized spacial score (nSPS) is 14.0. The average molecular weight is 1420 g/mol. The smallest absolute Gasteiger partial charge is 0.462 e. The van der Waals surface area contributed by atoms with E-state index in [4.69, 9.17) is 37.0 Å². The monoisotopic (exact) mass is 1420 g/mol. The van der Waals surface area contributed by atoms with Crippen molar-refractivity contribution in [2.24, 2.45) is 17.8 Å². The number of hydrogen-bond acceptors (Lipinski definition) is 15. The molecule has 0 aromatic carbocycles. The zero-order valence-corrected chi connectivity index (χ0v) is 65.3. The van der Waals surface area contributed by atoms with Crippen molar-refractivity contribution >= 4 is 39.5 Å². The summed E-state index contributed by atoms with van der Waals surface area (Å²) in [6.07, 6.45) is 55.5. The number of carbonyl (C=O) groups excluding carboxylic acids is 4. The number of carbonyl (C=O) groups is 4. The van der Waals surface area contributed by atoms with Crippen molar-refractivity contribution < 1.29 is 80.2 Å². The van der Waals surface area contributed by atoms with Gasteiger partial charge in [0.05, 0.1) is 26.4 Å². The number of aliphatic hydroxyl groups excluding tert-OH is 1. The molecule has 0 aromatic heterocycles. The number of unbranched alkanes of at least 4 members (excludes halogenated alkanes) is 44. The van der Waals surface area contributed by atoms with Gasteiger partial charge in [-0.2, -0.15) is 0 Å². The Kier molecular flexibility index (Phi) is 67.1. The summed E-state index contributed by atoms with van der Waals surface area (Å²) in [6, 6.07) is 0. The van der Waals surface area contributed by atoms with Gasteiger partial charge in [0.15, 0.2) is 12.2 Å². The topological polar surface area (TPSA) is 237 Å². The van der Waals surface area contributed by atoms with Crippen molar-refractivity contribution in [1.29, 1.82) is 0 Å². The second-order valence-corrected chi connectivity index (χ2v) is 32.4. The van der Waals surface area contributed by atoms with E-state index in [9.17, 15) is 43.2 Å². The summed E-state index contributed by atoms with van der Waals surface area (Å²) in [4.78, 5) is 72.9. The minimum atomic E-state index is -4.96. The van der Waals surface area contributed by atoms with E-state index in [1.807, 2.05) is 0 Å². The van der Waals surface area contributed by atoms with Crippen LogP contribution in [0.3, 0.4) is 0 Å². The standard InChI is InChI=1S/C78H152O17P2/c1-8-9-10-11-12-13-14-15-18-22-25-30-38-45-52-59-75(80)88-65-73(94-77(82)61-54-47-40-31-26-23-20-17-16-19-21-24-28-35-42-49-56-69(2)3)67-92-96(84,85)90-63-72(79)64-91-97(86,87)93-68-74(66-89-76(81)60-53-46-39-34-33-37-44-51-58-71(6)7)95-78(83)62-55-48-41-32-27-29-36-43-50-57-70(4)5/h69-74,79H,8-68H2,1-7H3,(H,84,85)(H,86,87)/t72-,73-,74-/m1/s1. The third-order valence-electron chi connectivity index (χ3n) is 18.1. The molecule has 0 heterocycles. The predicted molar refractivity (Wildman–Crippen MR) is 395 cm³/mol. The first-order chi connectivity index (χ1) is 46.7. The maximum Gasteiger partial charge on any atom is 0.472 e. The molecule has 0 saturated carbocycles. The number of aliphatic hydroxyl groups is 1. The summed E-state index contributed by atoms with van der Waals surface area (Å²) in [6.45, 7) is 11.9. The molecular weight excluding hydrogens is 1270 g/mol. The Morgan fingerprint density at radius 2 is 0.474 bits per heavy atom. The number of rotatable bonds is 76. The van der Waals surface area contributed by atoms with E-state index in [0.29, 0.717) is 25.7 Å². The molecule has 0 bridgehead atoms. The Bertz CT molecular complexity index is 1890. The summed E-state index contributed by atoms with van der Waals surface area (Å²) >= 11 is 0. The SMILES string of the molecule is CCCCCCCCCCCCCCCCCC(=O)OC[C@H](COP(=O)(O)OC[C@@H](O)COP(=O)(O)OC[C@@H](COC(=O)CCCCCCCCCCC(C)C)OC(=O)CCCCCCCCCCCC(C)C)OC(=O)CCCCCCCCCCCCCCCCCCC(C)C. The van der Waals surface area contributed by atoms with E-state index >= 15 is 0 Å². The van der Waals surface area contributed by atoms with Crippen molar-refractivity contribution in [3.05, 3.63) is 0 Å². The highest BCUT2D eigenvalue weighted by molar-refractivity contribution is 7.47. The van der Waals surface area contributed by atoms with Gasteiger partial charge in [-0.05, 0) is 43.4 Å². The molecule has 0 aliphatic rings. The van der Waals surface area contributed by atoms with Crippen LogP contribution in [0.15, 0.2) is 0 Å². The van der Waals surface area contributed by atoms with E-state index in [-0.39, 0.29) is 25.7 Å². The van der Waals surface area contributed by atoms with Gasteiger partial charge in [-0.1, -0.05) is 350 Å². The maximum absolute atomic E-state index is 13.1. The molecule has 0 rings (SSSR count). The number of phosphoric acid groups is 2. The van der Waals surface area contributed by atoms with Crippen LogP contribution in [0.4, 0.5) is 0 Å². The fourth-order valence-corrected chi connectivity index (χ4v) is 13.5. The molecule has 0 radical (unpaired) electrons. The molecule has 0 saturated heterocycles. The van der Waals surface area contributed by atoms with Gasteiger partial charge in [0.1, 0.15) is 19.3 Å². The van der Waals surface area contributed by atoms with Gasteiger partial charge in [-0.25, -0.2) is 9.13 Å². The molecule has 19 heteroatoms. The Labute approximate surface area is 594 Å². The minimum Gasteiger partial charge on any atom is -0.462 e. The summed E-state index contributed by atoms with van der Waals surface area (Å²) in [7, 11) is -9.92. The molecule has 3 N–H and O–H groups in total. The van der Waals surface area contributed by atoms with Crippen LogP contribution in [0, 0.1) is 17.8 Å². The number of esters is 4. The Morgan fingerprint density at radius 1 is 0.278 bits per heavy atom. The van der Waals surface area contributed by atoms with Crippen LogP contribution in [0.25, 0.3) is 0 Å². The first-order valence-electron chi connectivity index (χ1n) is 40.3. The summed E-state index contributed by atoms with van der Waals surface area (Å²) in [5, 5.41) is 10.6. The molecule has 97 heavy (non-hydrogen) atoms. The molecule has 0 amide bonds. The van der Waals surface area contributed by atoms with Crippen molar-refractivity contribution in [2.75, 3.05) is 39.6 Å². The van der Waals surface area contributed by atoms with E-state index < -0.39 is 97.5 Å². The number of phosphoric ester groups is 2. The quantitative estimate of drug-likeness (QED) is 0.0222. The average Bonchev–Trinajstić information content (AvgIpc) is 1.13. The van der Waals surface area contributed by atoms with E-state index in [1.165, 1.54) is 212 Å². The predicted octanol–water partition coefficient (Wildman–Crippen LogP) is 23.0. The number of ether oxygens (including phenoxy) is 4. The van der Waals surface area contributed by atoms with Crippen LogP contribution in [0.5, 0.6) is 0 Å². The second-order valence-electron chi connectivity index (χ2n) is 29.5. The van der Waals surface area contributed by atoms with E-state index in [1.54, 1.807) is 0 Å². The van der Waals surface area contributed by atoms with E-state index in [0.717, 1.165) is 108 Å². The summed E-state index contributed by atoms with van der Waals surface area (Å²) in [5.74, 6) is 0.157. The van der Waals surface area contributed by atoms with Crippen LogP contribution in [-0.2, 0) is 65.4 Å². The first kappa shape index (κ1) is 95.1. The van der Waals surface area contributed by atoms with Gasteiger partial charge in [-0.3, -0.25) is 37.3 Å². The molecule has 0 aliphatic carbocycles. The highest BCUT2D eigenvalue weighted by atomic mass is 31.2. The first-order valence-corrected chi connectivity index (χ1v) is 43.3. The fraction of sp³-hybridized carbons (Fsp3) is 0.949. The number of hydrogen-bond donors (Lipinski definition) is 3. The molecular formula is C78H152O17P2. The van der Waals surface area contributed by atoms with Gasteiger partial charge < -0.3 is 33.8 Å². The molecule has 17 nitrogen and oxygen atoms in total. The third-order valence-corrected chi connectivity index (χ3v) is 20.0. The molecule has 0 aromatic rings. The summed E-state index contributed by atoms with van der Waals surface area (Å²) in [5.41, 5.74) is 0. The van der Waals surface area contributed by atoms with Crippen molar-refractivity contribution in [3.8, 4) is 0 Å². The lowest BCUT2D eigenvalue weighted by atomic mass is 10.0. The van der Waals surface area contributed by atoms with Crippen LogP contribution in [0.2, 0.25) is 0 Å². The van der Waals surface area contributed by atoms with Gasteiger partial charge in [-0.15, -0.1) is 0 Å². The molecule has 5 atom stereocenters. The lowest BCUT2D eigenvalue weighted by molar-refractivity contribution is -0.161. The molecule has 0 fully saturated rings. The highest BCUT2D eigenvalue weighted by Crippen LogP contribution is 2.45. The summed E-state index contributed by atoms with van der Waals surface area (Å²) < 4.78 is 68.6. The van der Waals surface area contributed by atoms with Crippen molar-refractivity contribution in [3.63, 3.8) is 0 Å². The Hall–Kier alpha value is -1.94. The van der Waals surface area contributed by atoms with Crippen LogP contribution < -0.4 is 0 Å². The lowest BCUT2D eigenvalue weighted by Gasteiger charge is -2.21. The second kappa shape index (κ2) is 68.5. The molecule has 0 aliphatic heterocycles. The van der Waals surface area contributed by atoms with Crippen LogP contribution in [0.1, 0.15) is 402 Å². The third kappa shape index (κ3) is 72.2. The Morgan fingerprint density at radius 3 is 0.701 bits per heavy atom. The van der Waals surface area contributed by atoms with Crippen molar-refractivity contribution in [1.82, 2.24) is 0 Å². The molecule has 2 unspecified atom stereocenters. The molecule has 0 spiro atoms. The fourth-order valence-electron chi connectivity index (χ4n) is 12.0.